The minimum atomic E-state index is -3.53. The van der Waals surface area contributed by atoms with Crippen LogP contribution < -0.4 is 14.8 Å². The molecule has 2 fully saturated rings. The summed E-state index contributed by atoms with van der Waals surface area (Å²) in [6.45, 7) is 1.91. The molecule has 3 heterocycles. The van der Waals surface area contributed by atoms with Gasteiger partial charge in [0.1, 0.15) is 0 Å². The monoisotopic (exact) mass is 499 g/mol. The summed E-state index contributed by atoms with van der Waals surface area (Å²) in [4.78, 5) is 27.9. The molecule has 35 heavy (non-hydrogen) atoms. The number of anilines is 1. The lowest BCUT2D eigenvalue weighted by molar-refractivity contribution is -0.139. The first-order valence-electron chi connectivity index (χ1n) is 12.0. The predicted molar refractivity (Wildman–Crippen MR) is 128 cm³/mol. The van der Waals surface area contributed by atoms with Gasteiger partial charge >= 0.3 is 0 Å². The highest BCUT2D eigenvalue weighted by molar-refractivity contribution is 7.89. The summed E-state index contributed by atoms with van der Waals surface area (Å²) in [7, 11) is -3.53. The van der Waals surface area contributed by atoms with Crippen LogP contribution in [0.4, 0.5) is 5.69 Å². The van der Waals surface area contributed by atoms with Gasteiger partial charge in [0, 0.05) is 49.8 Å². The van der Waals surface area contributed by atoms with Crippen molar-refractivity contribution in [1.82, 2.24) is 9.21 Å². The van der Waals surface area contributed by atoms with E-state index in [1.54, 1.807) is 48.5 Å². The lowest BCUT2D eigenvalue weighted by Crippen LogP contribution is -2.47. The van der Waals surface area contributed by atoms with Crippen molar-refractivity contribution >= 4 is 27.5 Å². The van der Waals surface area contributed by atoms with Gasteiger partial charge in [-0.15, -0.1) is 0 Å². The van der Waals surface area contributed by atoms with Crippen molar-refractivity contribution in [2.45, 2.75) is 30.6 Å². The van der Waals surface area contributed by atoms with E-state index in [4.69, 9.17) is 9.47 Å². The van der Waals surface area contributed by atoms with E-state index in [9.17, 15) is 18.0 Å². The SMILES string of the molecule is O=C(Nc1ccc2c(c1)OCO2)C1CCN(C(=O)C2CCN(S(=O)(=O)c3ccccc3)CC2)CC1. The van der Waals surface area contributed by atoms with Crippen LogP contribution in [0.5, 0.6) is 11.5 Å². The van der Waals surface area contributed by atoms with Crippen molar-refractivity contribution < 1.29 is 27.5 Å². The number of likely N-dealkylation sites (tertiary alicyclic amines) is 1. The van der Waals surface area contributed by atoms with Crippen LogP contribution in [0, 0.1) is 11.8 Å². The summed E-state index contributed by atoms with van der Waals surface area (Å²) >= 11 is 0. The van der Waals surface area contributed by atoms with Gasteiger partial charge in [0.15, 0.2) is 11.5 Å². The molecule has 1 N–H and O–H groups in total. The molecule has 2 aromatic rings. The summed E-state index contributed by atoms with van der Waals surface area (Å²) < 4.78 is 37.8. The quantitative estimate of drug-likeness (QED) is 0.678. The van der Waals surface area contributed by atoms with Crippen LogP contribution in [0.3, 0.4) is 0 Å². The Bertz CT molecular complexity index is 1190. The normalized spacial score (nSPS) is 19.5. The molecule has 3 aliphatic heterocycles. The molecule has 0 saturated carbocycles. The van der Waals surface area contributed by atoms with E-state index in [1.807, 2.05) is 4.90 Å². The second-order valence-corrected chi connectivity index (χ2v) is 11.1. The Morgan fingerprint density at radius 3 is 2.20 bits per heavy atom. The number of sulfonamides is 1. The van der Waals surface area contributed by atoms with E-state index < -0.39 is 10.0 Å². The fourth-order valence-corrected chi connectivity index (χ4v) is 6.41. The molecule has 186 valence electrons. The Balaban J connectivity index is 1.10. The fourth-order valence-electron chi connectivity index (χ4n) is 4.92. The van der Waals surface area contributed by atoms with Gasteiger partial charge in [0.05, 0.1) is 4.90 Å². The molecular weight excluding hydrogens is 470 g/mol. The average molecular weight is 500 g/mol. The van der Waals surface area contributed by atoms with Gasteiger partial charge in [-0.1, -0.05) is 18.2 Å². The largest absolute Gasteiger partial charge is 0.454 e. The zero-order valence-corrected chi connectivity index (χ0v) is 20.2. The Morgan fingerprint density at radius 2 is 1.49 bits per heavy atom. The second kappa shape index (κ2) is 9.87. The van der Waals surface area contributed by atoms with Gasteiger partial charge in [-0.2, -0.15) is 4.31 Å². The number of nitrogens with zero attached hydrogens (tertiary/aromatic N) is 2. The average Bonchev–Trinajstić information content (AvgIpc) is 3.37. The molecule has 10 heteroatoms. The molecule has 9 nitrogen and oxygen atoms in total. The van der Waals surface area contributed by atoms with Crippen LogP contribution in [0.2, 0.25) is 0 Å². The van der Waals surface area contributed by atoms with E-state index >= 15 is 0 Å². The van der Waals surface area contributed by atoms with Crippen LogP contribution in [0.1, 0.15) is 25.7 Å². The van der Waals surface area contributed by atoms with Crippen molar-refractivity contribution in [3.63, 3.8) is 0 Å². The maximum absolute atomic E-state index is 13.1. The molecule has 5 rings (SSSR count). The number of carbonyl (C=O) groups excluding carboxylic acids is 2. The zero-order valence-electron chi connectivity index (χ0n) is 19.4. The molecule has 3 aliphatic rings. The number of piperidine rings is 2. The minimum absolute atomic E-state index is 0.0598. The molecule has 2 aromatic carbocycles. The zero-order chi connectivity index (χ0) is 24.4. The third-order valence-corrected chi connectivity index (χ3v) is 8.91. The number of fused-ring (bicyclic) bond motifs is 1. The highest BCUT2D eigenvalue weighted by atomic mass is 32.2. The minimum Gasteiger partial charge on any atom is -0.454 e. The standard InChI is InChI=1S/C25H29N3O6S/c29-24(26-20-6-7-22-23(16-20)34-17-33-22)18-8-12-27(13-9-18)25(30)19-10-14-28(15-11-19)35(31,32)21-4-2-1-3-5-21/h1-7,16,18-19H,8-15,17H2,(H,26,29). The van der Waals surface area contributed by atoms with Crippen molar-refractivity contribution in [2.75, 3.05) is 38.3 Å². The van der Waals surface area contributed by atoms with Crippen LogP contribution in [0.15, 0.2) is 53.4 Å². The molecule has 0 spiro atoms. The van der Waals surface area contributed by atoms with Gasteiger partial charge in [-0.25, -0.2) is 8.42 Å². The summed E-state index contributed by atoms with van der Waals surface area (Å²) in [5, 5.41) is 2.94. The van der Waals surface area contributed by atoms with Gasteiger partial charge in [-0.3, -0.25) is 9.59 Å². The maximum Gasteiger partial charge on any atom is 0.243 e. The molecular formula is C25H29N3O6S. The van der Waals surface area contributed by atoms with E-state index in [2.05, 4.69) is 5.32 Å². The number of nitrogens with one attached hydrogen (secondary N) is 1. The first-order valence-corrected chi connectivity index (χ1v) is 13.4. The molecule has 0 bridgehead atoms. The molecule has 0 aliphatic carbocycles. The predicted octanol–water partition coefficient (Wildman–Crippen LogP) is 2.69. The topological polar surface area (TPSA) is 105 Å². The molecule has 2 saturated heterocycles. The molecule has 0 radical (unpaired) electrons. The maximum atomic E-state index is 13.1. The van der Waals surface area contributed by atoms with Crippen LogP contribution in [-0.4, -0.2) is 62.4 Å². The van der Waals surface area contributed by atoms with Crippen molar-refractivity contribution in [3.8, 4) is 11.5 Å². The number of ether oxygens (including phenoxy) is 2. The van der Waals surface area contributed by atoms with Crippen molar-refractivity contribution in [1.29, 1.82) is 0 Å². The van der Waals surface area contributed by atoms with Gasteiger partial charge < -0.3 is 19.7 Å². The van der Waals surface area contributed by atoms with Crippen LogP contribution in [-0.2, 0) is 19.6 Å². The Hall–Kier alpha value is -3.11. The molecule has 0 atom stereocenters. The van der Waals surface area contributed by atoms with Gasteiger partial charge in [-0.05, 0) is 49.9 Å². The number of hydrogen-bond acceptors (Lipinski definition) is 6. The summed E-state index contributed by atoms with van der Waals surface area (Å²) in [5.74, 6) is 0.939. The summed E-state index contributed by atoms with van der Waals surface area (Å²) in [5.41, 5.74) is 0.662. The van der Waals surface area contributed by atoms with E-state index in [1.165, 1.54) is 4.31 Å². The van der Waals surface area contributed by atoms with Crippen LogP contribution >= 0.6 is 0 Å². The Morgan fingerprint density at radius 1 is 0.829 bits per heavy atom. The number of carbonyl (C=O) groups is 2. The summed E-state index contributed by atoms with van der Waals surface area (Å²) in [6, 6.07) is 13.7. The second-order valence-electron chi connectivity index (χ2n) is 9.15. The molecule has 0 aromatic heterocycles. The highest BCUT2D eigenvalue weighted by Crippen LogP contribution is 2.34. The van der Waals surface area contributed by atoms with Crippen LogP contribution in [0.25, 0.3) is 0 Å². The van der Waals surface area contributed by atoms with Crippen molar-refractivity contribution in [3.05, 3.63) is 48.5 Å². The summed E-state index contributed by atoms with van der Waals surface area (Å²) in [6.07, 6.45) is 2.22. The number of benzene rings is 2. The van der Waals surface area contributed by atoms with E-state index in [-0.39, 0.29) is 35.3 Å². The number of rotatable bonds is 5. The smallest absolute Gasteiger partial charge is 0.243 e. The highest BCUT2D eigenvalue weighted by Gasteiger charge is 2.35. The van der Waals surface area contributed by atoms with Gasteiger partial charge in [0.25, 0.3) is 0 Å². The van der Waals surface area contributed by atoms with E-state index in [0.717, 1.165) is 0 Å². The van der Waals surface area contributed by atoms with Gasteiger partial charge in [0.2, 0.25) is 28.6 Å². The molecule has 0 unspecified atom stereocenters. The third-order valence-electron chi connectivity index (χ3n) is 7.00. The first-order chi connectivity index (χ1) is 16.9. The lowest BCUT2D eigenvalue weighted by Gasteiger charge is -2.36. The Kier molecular flexibility index (Phi) is 6.66. The first kappa shape index (κ1) is 23.6. The fraction of sp³-hybridized carbons (Fsp3) is 0.440. The number of hydrogen-bond donors (Lipinski definition) is 1. The van der Waals surface area contributed by atoms with Crippen molar-refractivity contribution in [2.24, 2.45) is 11.8 Å². The Labute approximate surface area is 205 Å². The lowest BCUT2D eigenvalue weighted by atomic mass is 9.92. The molecule has 2 amide bonds. The third kappa shape index (κ3) is 4.99. The van der Waals surface area contributed by atoms with E-state index in [0.29, 0.717) is 69.0 Å². The number of amides is 2.